The molecule has 31 heavy (non-hydrogen) atoms. The molecule has 0 atom stereocenters. The molecule has 1 saturated heterocycles. The first-order chi connectivity index (χ1) is 16.1. The quantitative estimate of drug-likeness (QED) is 0.654. The molecule has 4 rings (SSSR count). The molecule has 0 bridgehead atoms. The molecule has 1 aliphatic rings. The number of benzene rings is 1. The zero-order valence-corrected chi connectivity index (χ0v) is 17.2. The van der Waals surface area contributed by atoms with Crippen molar-refractivity contribution in [3.63, 3.8) is 0 Å². The monoisotopic (exact) mass is 426 g/mol. The maximum absolute atomic E-state index is 14.5. The van der Waals surface area contributed by atoms with Gasteiger partial charge in [-0.25, -0.2) is 4.39 Å². The summed E-state index contributed by atoms with van der Waals surface area (Å²) in [6.45, 7) is 2.75. The molecule has 7 nitrogen and oxygen atoms in total. The number of carbonyl (C=O) groups excluding carboxylic acids is 1. The maximum atomic E-state index is 14.5. The minimum absolute atomic E-state index is 0.0864. The van der Waals surface area contributed by atoms with Gasteiger partial charge >= 0.3 is 0 Å². The van der Waals surface area contributed by atoms with Crippen LogP contribution in [0.25, 0.3) is 11.0 Å². The predicted molar refractivity (Wildman–Crippen MR) is 119 cm³/mol. The number of halogens is 1. The van der Waals surface area contributed by atoms with E-state index in [1.54, 1.807) is 11.4 Å². The fourth-order valence-electron chi connectivity index (χ4n) is 3.89. The van der Waals surface area contributed by atoms with Crippen LogP contribution in [0.2, 0.25) is 0 Å². The topological polar surface area (TPSA) is 81.3 Å². The van der Waals surface area contributed by atoms with E-state index in [2.05, 4.69) is 14.9 Å². The van der Waals surface area contributed by atoms with Gasteiger partial charge in [0.1, 0.15) is 5.82 Å². The summed E-state index contributed by atoms with van der Waals surface area (Å²) in [5, 5.41) is 1.80. The molecule has 3 heterocycles. The molecule has 3 aromatic rings. The average Bonchev–Trinajstić information content (AvgIpc) is 2.77. The number of piperazine rings is 1. The molecule has 2 N–H and O–H groups in total. The van der Waals surface area contributed by atoms with Crippen LogP contribution in [0.3, 0.4) is 0 Å². The third kappa shape index (κ3) is 4.44. The van der Waals surface area contributed by atoms with E-state index in [9.17, 15) is 14.0 Å². The smallest absolute Gasteiger partial charge is 0.253 e. The van der Waals surface area contributed by atoms with E-state index in [-0.39, 0.29) is 11.1 Å². The van der Waals surface area contributed by atoms with Gasteiger partial charge in [-0.1, -0.05) is 6.92 Å². The first-order valence-corrected chi connectivity index (χ1v) is 10.2. The molecule has 1 fully saturated rings. The summed E-state index contributed by atoms with van der Waals surface area (Å²) < 4.78 is 35.8. The number of hydrogen-bond acceptors (Lipinski definition) is 5. The van der Waals surface area contributed by atoms with E-state index in [0.717, 1.165) is 29.7 Å². The Kier molecular flexibility index (Phi) is 4.97. The Labute approximate surface area is 184 Å². The molecule has 0 radical (unpaired) electrons. The highest BCUT2D eigenvalue weighted by Crippen LogP contribution is 2.21. The number of hydrogen-bond donors (Lipinski definition) is 2. The Balaban J connectivity index is 1.38. The Bertz CT molecular complexity index is 1270. The summed E-state index contributed by atoms with van der Waals surface area (Å²) in [4.78, 5) is 35.7. The summed E-state index contributed by atoms with van der Waals surface area (Å²) in [6, 6.07) is 7.98. The number of anilines is 1. The fourth-order valence-corrected chi connectivity index (χ4v) is 3.89. The number of aryl methyl sites for hydroxylation is 1. The molecule has 1 aliphatic heterocycles. The largest absolute Gasteiger partial charge is 0.369 e. The number of amides is 1. The lowest BCUT2D eigenvalue weighted by atomic mass is 10.1. The van der Waals surface area contributed by atoms with Gasteiger partial charge in [0.2, 0.25) is 0 Å². The number of carbonyl (C=O) groups is 1. The van der Waals surface area contributed by atoms with Crippen LogP contribution in [0.15, 0.2) is 41.3 Å². The molecule has 8 heteroatoms. The lowest BCUT2D eigenvalue weighted by Gasteiger charge is -2.36. The number of pyridine rings is 2. The standard InChI is InChI=1S/C23H26FN5O2/c1-3-16-11-20-21(27-22(16)30)10-15(13-26-20)14-28-6-8-29(9-7-28)17-4-5-18(19(24)12-17)23(31)25-2/h4-5,10-13H,3,6-9,14H2,1-2H3,(H,25,31)(H,27,30)/i2D3. The Hall–Kier alpha value is -3.26. The number of H-pyrrole nitrogens is 1. The number of fused-ring (bicyclic) bond motifs is 1. The summed E-state index contributed by atoms with van der Waals surface area (Å²) in [5.41, 5.74) is 3.45. The van der Waals surface area contributed by atoms with Crippen molar-refractivity contribution in [2.45, 2.75) is 19.9 Å². The van der Waals surface area contributed by atoms with Crippen molar-refractivity contribution in [1.29, 1.82) is 0 Å². The second-order valence-corrected chi connectivity index (χ2v) is 7.64. The third-order valence-corrected chi connectivity index (χ3v) is 5.66. The number of nitrogens with one attached hydrogen (secondary N) is 2. The van der Waals surface area contributed by atoms with Crippen molar-refractivity contribution in [2.75, 3.05) is 38.1 Å². The van der Waals surface area contributed by atoms with Gasteiger partial charge in [-0.05, 0) is 42.3 Å². The van der Waals surface area contributed by atoms with Crippen LogP contribution in [0.5, 0.6) is 0 Å². The van der Waals surface area contributed by atoms with Gasteiger partial charge in [-0.15, -0.1) is 0 Å². The second-order valence-electron chi connectivity index (χ2n) is 7.64. The SMILES string of the molecule is [2H]C([2H])([2H])NC(=O)c1ccc(N2CCN(Cc3cnc4cc(CC)c(=O)[nH]c4c3)CC2)cc1F. The van der Waals surface area contributed by atoms with E-state index in [1.165, 1.54) is 12.1 Å². The van der Waals surface area contributed by atoms with Crippen molar-refractivity contribution in [1.82, 2.24) is 20.2 Å². The van der Waals surface area contributed by atoms with Gasteiger partial charge in [-0.3, -0.25) is 19.5 Å². The van der Waals surface area contributed by atoms with Crippen LogP contribution in [0.1, 0.15) is 32.5 Å². The van der Waals surface area contributed by atoms with Crippen molar-refractivity contribution < 1.29 is 13.3 Å². The molecular formula is C23H26FN5O2. The minimum Gasteiger partial charge on any atom is -0.369 e. The first-order valence-electron chi connectivity index (χ1n) is 11.7. The van der Waals surface area contributed by atoms with Gasteiger partial charge in [0, 0.05) is 61.3 Å². The van der Waals surface area contributed by atoms with Crippen LogP contribution in [-0.4, -0.2) is 53.9 Å². The van der Waals surface area contributed by atoms with Gasteiger partial charge in [0.05, 0.1) is 16.6 Å². The molecule has 0 aliphatic carbocycles. The molecule has 0 spiro atoms. The van der Waals surface area contributed by atoms with Crippen LogP contribution in [0.4, 0.5) is 10.1 Å². The number of nitrogens with zero attached hydrogens (tertiary/aromatic N) is 3. The van der Waals surface area contributed by atoms with E-state index in [0.29, 0.717) is 37.3 Å². The number of aromatic amines is 1. The normalized spacial score (nSPS) is 16.6. The molecule has 1 amide bonds. The van der Waals surface area contributed by atoms with E-state index >= 15 is 0 Å². The predicted octanol–water partition coefficient (Wildman–Crippen LogP) is 2.31. The minimum atomic E-state index is -2.67. The molecule has 0 unspecified atom stereocenters. The zero-order valence-electron chi connectivity index (χ0n) is 20.2. The van der Waals surface area contributed by atoms with Crippen molar-refractivity contribution >= 4 is 22.6 Å². The summed E-state index contributed by atoms with van der Waals surface area (Å²) in [6.07, 6.45) is 2.48. The molecule has 162 valence electrons. The van der Waals surface area contributed by atoms with Crippen molar-refractivity contribution in [3.8, 4) is 0 Å². The van der Waals surface area contributed by atoms with Gasteiger partial charge in [0.15, 0.2) is 0 Å². The highest BCUT2D eigenvalue weighted by Gasteiger charge is 2.19. The summed E-state index contributed by atoms with van der Waals surface area (Å²) >= 11 is 0. The average molecular weight is 427 g/mol. The van der Waals surface area contributed by atoms with E-state index in [1.807, 2.05) is 30.2 Å². The fraction of sp³-hybridized carbons (Fsp3) is 0.348. The van der Waals surface area contributed by atoms with Gasteiger partial charge in [0.25, 0.3) is 11.5 Å². The molecule has 1 aromatic carbocycles. The highest BCUT2D eigenvalue weighted by molar-refractivity contribution is 5.94. The van der Waals surface area contributed by atoms with Gasteiger partial charge in [-0.2, -0.15) is 0 Å². The summed E-state index contributed by atoms with van der Waals surface area (Å²) in [7, 11) is 0. The Morgan fingerprint density at radius 1 is 1.26 bits per heavy atom. The van der Waals surface area contributed by atoms with Crippen LogP contribution in [0, 0.1) is 5.82 Å². The third-order valence-electron chi connectivity index (χ3n) is 5.66. The first kappa shape index (κ1) is 17.4. The van der Waals surface area contributed by atoms with Crippen LogP contribution < -0.4 is 15.8 Å². The van der Waals surface area contributed by atoms with Crippen LogP contribution in [-0.2, 0) is 13.0 Å². The molecule has 0 saturated carbocycles. The second kappa shape index (κ2) is 8.85. The van der Waals surface area contributed by atoms with E-state index < -0.39 is 18.7 Å². The number of aromatic nitrogens is 2. The lowest BCUT2D eigenvalue weighted by Crippen LogP contribution is -2.46. The molecule has 2 aromatic heterocycles. The Morgan fingerprint density at radius 3 is 2.77 bits per heavy atom. The van der Waals surface area contributed by atoms with Crippen LogP contribution >= 0.6 is 0 Å². The van der Waals surface area contributed by atoms with E-state index in [4.69, 9.17) is 4.11 Å². The summed E-state index contributed by atoms with van der Waals surface area (Å²) in [5.74, 6) is -1.73. The number of rotatable bonds is 5. The highest BCUT2D eigenvalue weighted by atomic mass is 19.1. The van der Waals surface area contributed by atoms with Crippen molar-refractivity contribution in [3.05, 3.63) is 69.4 Å². The molecular weight excluding hydrogens is 397 g/mol. The zero-order chi connectivity index (χ0) is 24.5. The lowest BCUT2D eigenvalue weighted by molar-refractivity contribution is 0.0959. The van der Waals surface area contributed by atoms with Gasteiger partial charge < -0.3 is 15.2 Å². The van der Waals surface area contributed by atoms with Crippen molar-refractivity contribution in [2.24, 2.45) is 0 Å². The Morgan fingerprint density at radius 2 is 2.06 bits per heavy atom. The maximum Gasteiger partial charge on any atom is 0.253 e.